The summed E-state index contributed by atoms with van der Waals surface area (Å²) in [7, 11) is 0. The maximum absolute atomic E-state index is 10.3. The smallest absolute Gasteiger partial charge is 0.160 e. The van der Waals surface area contributed by atoms with E-state index in [1.165, 1.54) is 31.3 Å². The number of aliphatic hydroxyl groups is 1. The van der Waals surface area contributed by atoms with Crippen molar-refractivity contribution in [1.82, 2.24) is 0 Å². The second-order valence-corrected chi connectivity index (χ2v) is 10.8. The fourth-order valence-electron chi connectivity index (χ4n) is 8.30. The predicted octanol–water partition coefficient (Wildman–Crippen LogP) is 3.70. The Morgan fingerprint density at radius 1 is 1.11 bits per heavy atom. The van der Waals surface area contributed by atoms with Crippen molar-refractivity contribution in [3.05, 3.63) is 23.8 Å². The number of ether oxygens (including phenoxy) is 3. The molecule has 2 heterocycles. The van der Waals surface area contributed by atoms with Crippen molar-refractivity contribution >= 4 is 0 Å². The van der Waals surface area contributed by atoms with Gasteiger partial charge in [0.05, 0.1) is 19.3 Å². The fourth-order valence-corrected chi connectivity index (χ4v) is 8.30. The molecule has 4 nitrogen and oxygen atoms in total. The van der Waals surface area contributed by atoms with E-state index in [0.717, 1.165) is 19.1 Å². The van der Waals surface area contributed by atoms with Crippen LogP contribution in [0.25, 0.3) is 0 Å². The summed E-state index contributed by atoms with van der Waals surface area (Å²) in [6.45, 7) is 8.81. The van der Waals surface area contributed by atoms with Crippen LogP contribution in [0, 0.1) is 40.4 Å². The van der Waals surface area contributed by atoms with E-state index in [1.54, 1.807) is 0 Å². The van der Waals surface area contributed by atoms with Crippen LogP contribution < -0.4 is 0 Å². The Labute approximate surface area is 168 Å². The van der Waals surface area contributed by atoms with Crippen molar-refractivity contribution in [2.24, 2.45) is 40.4 Å². The molecule has 154 valence electrons. The van der Waals surface area contributed by atoms with Crippen LogP contribution in [0.15, 0.2) is 23.8 Å². The van der Waals surface area contributed by atoms with Crippen molar-refractivity contribution in [2.45, 2.75) is 71.1 Å². The molecular formula is C24H34O4. The molecule has 0 aromatic heterocycles. The minimum Gasteiger partial charge on any atom is -0.386 e. The highest BCUT2D eigenvalue weighted by atomic mass is 16.7. The molecule has 4 heteroatoms. The van der Waals surface area contributed by atoms with Crippen molar-refractivity contribution < 1.29 is 19.3 Å². The third-order valence-corrected chi connectivity index (χ3v) is 9.81. The summed E-state index contributed by atoms with van der Waals surface area (Å²) in [5.41, 5.74) is 1.77. The number of hydrogen-bond acceptors (Lipinski definition) is 4. The van der Waals surface area contributed by atoms with Crippen LogP contribution in [-0.4, -0.2) is 42.9 Å². The van der Waals surface area contributed by atoms with Crippen molar-refractivity contribution in [3.8, 4) is 0 Å². The molecule has 0 aromatic rings. The number of hydrogen-bond donors (Lipinski definition) is 1. The van der Waals surface area contributed by atoms with Crippen LogP contribution in [0.5, 0.6) is 0 Å². The molecule has 10 atom stereocenters. The summed E-state index contributed by atoms with van der Waals surface area (Å²) in [4.78, 5) is 0. The molecule has 0 radical (unpaired) electrons. The molecule has 0 amide bonds. The first-order valence-electron chi connectivity index (χ1n) is 11.4. The van der Waals surface area contributed by atoms with Gasteiger partial charge in [0.25, 0.3) is 0 Å². The Morgan fingerprint density at radius 3 is 2.68 bits per heavy atom. The average molecular weight is 387 g/mol. The minimum absolute atomic E-state index is 0.00676. The van der Waals surface area contributed by atoms with Gasteiger partial charge < -0.3 is 19.3 Å². The Balaban J connectivity index is 1.31. The normalized spacial score (nSPS) is 55.7. The van der Waals surface area contributed by atoms with Gasteiger partial charge in [-0.3, -0.25) is 0 Å². The molecule has 1 unspecified atom stereocenters. The summed E-state index contributed by atoms with van der Waals surface area (Å²) < 4.78 is 17.8. The molecular weight excluding hydrogens is 352 g/mol. The molecule has 2 aliphatic heterocycles. The van der Waals surface area contributed by atoms with Crippen LogP contribution in [0.3, 0.4) is 0 Å². The van der Waals surface area contributed by atoms with Crippen molar-refractivity contribution in [3.63, 3.8) is 0 Å². The maximum Gasteiger partial charge on any atom is 0.160 e. The van der Waals surface area contributed by atoms with Crippen LogP contribution in [0.4, 0.5) is 0 Å². The summed E-state index contributed by atoms with van der Waals surface area (Å²) in [5.74, 6) is 3.14. The lowest BCUT2D eigenvalue weighted by Crippen LogP contribution is -2.52. The lowest BCUT2D eigenvalue weighted by Gasteiger charge is -2.56. The number of allylic oxidation sites excluding steroid dienone is 2. The van der Waals surface area contributed by atoms with Crippen molar-refractivity contribution in [1.29, 1.82) is 0 Å². The lowest BCUT2D eigenvalue weighted by molar-refractivity contribution is -0.119. The Morgan fingerprint density at radius 2 is 1.89 bits per heavy atom. The van der Waals surface area contributed by atoms with E-state index in [4.69, 9.17) is 14.2 Å². The number of epoxide rings is 1. The van der Waals surface area contributed by atoms with Gasteiger partial charge in [-0.2, -0.15) is 0 Å². The molecule has 1 N–H and O–H groups in total. The van der Waals surface area contributed by atoms with Gasteiger partial charge in [-0.1, -0.05) is 32.9 Å². The zero-order valence-corrected chi connectivity index (χ0v) is 17.3. The number of rotatable bonds is 2. The van der Waals surface area contributed by atoms with Gasteiger partial charge in [-0.25, -0.2) is 0 Å². The Bertz CT molecular complexity index is 724. The fraction of sp³-hybridized carbons (Fsp3) is 0.833. The van der Waals surface area contributed by atoms with E-state index in [-0.39, 0.29) is 23.9 Å². The van der Waals surface area contributed by atoms with Crippen LogP contribution in [0.1, 0.15) is 46.5 Å². The largest absolute Gasteiger partial charge is 0.386 e. The van der Waals surface area contributed by atoms with Gasteiger partial charge in [0.2, 0.25) is 0 Å². The van der Waals surface area contributed by atoms with E-state index in [9.17, 15) is 5.11 Å². The summed E-state index contributed by atoms with van der Waals surface area (Å²) in [5, 5.41) is 10.3. The standard InChI is InChI=1S/C24H34O4/c1-13(22-26-10-11-27-22)16-6-7-17-15-5-4-14-12-19(25)20-21(28-20)24(14,3)18(15)8-9-23(16,17)2/h4-5,12-13,15-22,25H,6-11H2,1-3H3/t13?,15-,16+,17-,18-,19-,20-,21-,23+,24-/m0/s1. The maximum atomic E-state index is 10.3. The average Bonchev–Trinajstić information content (AvgIpc) is 3.17. The highest BCUT2D eigenvalue weighted by Gasteiger charge is 2.66. The predicted molar refractivity (Wildman–Crippen MR) is 105 cm³/mol. The van der Waals surface area contributed by atoms with Gasteiger partial charge in [-0.15, -0.1) is 0 Å². The molecule has 6 rings (SSSR count). The zero-order valence-electron chi connectivity index (χ0n) is 17.3. The Hall–Kier alpha value is -0.680. The third-order valence-electron chi connectivity index (χ3n) is 9.81. The summed E-state index contributed by atoms with van der Waals surface area (Å²) >= 11 is 0. The molecule has 0 aromatic carbocycles. The van der Waals surface area contributed by atoms with E-state index < -0.39 is 6.10 Å². The molecule has 2 saturated heterocycles. The molecule has 4 fully saturated rings. The Kier molecular flexibility index (Phi) is 3.84. The second-order valence-electron chi connectivity index (χ2n) is 10.8. The third kappa shape index (κ3) is 2.21. The molecule has 2 saturated carbocycles. The highest BCUT2D eigenvalue weighted by Crippen LogP contribution is 2.68. The van der Waals surface area contributed by atoms with E-state index in [2.05, 4.69) is 39.0 Å². The molecule has 6 aliphatic rings. The monoisotopic (exact) mass is 386 g/mol. The quantitative estimate of drug-likeness (QED) is 0.735. The van der Waals surface area contributed by atoms with Gasteiger partial charge in [0, 0.05) is 11.3 Å². The number of fused-ring (bicyclic) bond motifs is 7. The number of aliphatic hydroxyl groups excluding tert-OH is 1. The first-order valence-corrected chi connectivity index (χ1v) is 11.4. The molecule has 28 heavy (non-hydrogen) atoms. The van der Waals surface area contributed by atoms with Gasteiger partial charge in [0.1, 0.15) is 12.2 Å². The molecule has 0 spiro atoms. The van der Waals surface area contributed by atoms with E-state index >= 15 is 0 Å². The second kappa shape index (κ2) is 5.94. The van der Waals surface area contributed by atoms with Crippen LogP contribution in [0.2, 0.25) is 0 Å². The first-order chi connectivity index (χ1) is 13.4. The summed E-state index contributed by atoms with van der Waals surface area (Å²) in [6, 6.07) is 0. The topological polar surface area (TPSA) is 51.2 Å². The lowest BCUT2D eigenvalue weighted by atomic mass is 9.48. The highest BCUT2D eigenvalue weighted by molar-refractivity contribution is 5.41. The van der Waals surface area contributed by atoms with Crippen LogP contribution >= 0.6 is 0 Å². The molecule has 0 bridgehead atoms. The van der Waals surface area contributed by atoms with Crippen LogP contribution in [-0.2, 0) is 14.2 Å². The van der Waals surface area contributed by atoms with Gasteiger partial charge >= 0.3 is 0 Å². The van der Waals surface area contributed by atoms with E-state index in [1.807, 2.05) is 0 Å². The SMILES string of the molecule is CC(C1OCCO1)[C@H]1CC[C@H]2[C@@H]3C=CC4=C[C@H](O)[C@@H]5O[C@@H]5[C@]4(C)[C@H]3CC[C@]12C. The van der Waals surface area contributed by atoms with Crippen molar-refractivity contribution in [2.75, 3.05) is 13.2 Å². The zero-order chi connectivity index (χ0) is 19.3. The minimum atomic E-state index is -0.425. The van der Waals surface area contributed by atoms with Gasteiger partial charge in [0.15, 0.2) is 6.29 Å². The molecule has 4 aliphatic carbocycles. The van der Waals surface area contributed by atoms with Gasteiger partial charge in [-0.05, 0) is 66.4 Å². The summed E-state index contributed by atoms with van der Waals surface area (Å²) in [6.07, 6.45) is 11.9. The first kappa shape index (κ1) is 18.1. The van der Waals surface area contributed by atoms with E-state index in [0.29, 0.717) is 29.1 Å².